The van der Waals surface area contributed by atoms with Crippen molar-refractivity contribution >= 4 is 11.9 Å². The lowest BCUT2D eigenvalue weighted by Gasteiger charge is -2.43. The molecule has 0 radical (unpaired) electrons. The first kappa shape index (κ1) is 22.7. The van der Waals surface area contributed by atoms with Crippen LogP contribution in [0.2, 0.25) is 0 Å². The van der Waals surface area contributed by atoms with Crippen LogP contribution in [0.5, 0.6) is 11.5 Å². The van der Waals surface area contributed by atoms with Gasteiger partial charge in [-0.15, -0.1) is 0 Å². The molecule has 1 atom stereocenters. The Balaban J connectivity index is 2.20. The lowest BCUT2D eigenvalue weighted by atomic mass is 9.61. The van der Waals surface area contributed by atoms with Crippen LogP contribution in [0.3, 0.4) is 0 Å². The topological polar surface area (TPSA) is 52.6 Å². The molecule has 2 aromatic carbocycles. The molecule has 0 N–H and O–H groups in total. The molecule has 1 unspecified atom stereocenters. The molecule has 4 nitrogen and oxygen atoms in total. The van der Waals surface area contributed by atoms with E-state index in [1.165, 1.54) is 0 Å². The van der Waals surface area contributed by atoms with E-state index in [4.69, 9.17) is 9.47 Å². The van der Waals surface area contributed by atoms with Gasteiger partial charge in [-0.05, 0) is 48.4 Å². The van der Waals surface area contributed by atoms with Crippen LogP contribution in [-0.4, -0.2) is 11.9 Å². The van der Waals surface area contributed by atoms with Gasteiger partial charge >= 0.3 is 11.9 Å². The molecular weight excluding hydrogens is 364 g/mol. The molecule has 0 spiro atoms. The first-order chi connectivity index (χ1) is 13.3. The smallest absolute Gasteiger partial charge is 0.343 e. The van der Waals surface area contributed by atoms with Crippen molar-refractivity contribution in [3.63, 3.8) is 0 Å². The minimum absolute atomic E-state index is 0.0336. The number of carbonyl (C=O) groups excluding carboxylic acids is 2. The minimum Gasteiger partial charge on any atom is -0.426 e. The van der Waals surface area contributed by atoms with Gasteiger partial charge in [0, 0.05) is 6.07 Å². The van der Waals surface area contributed by atoms with Gasteiger partial charge in [-0.1, -0.05) is 65.8 Å². The lowest BCUT2D eigenvalue weighted by Crippen LogP contribution is -2.45. The Bertz CT molecular complexity index is 856. The second-order valence-corrected chi connectivity index (χ2v) is 9.94. The summed E-state index contributed by atoms with van der Waals surface area (Å²) in [5.74, 6) is -0.0528. The van der Waals surface area contributed by atoms with Crippen LogP contribution in [0.15, 0.2) is 54.6 Å². The summed E-state index contributed by atoms with van der Waals surface area (Å²) in [7, 11) is 0. The molecule has 0 saturated heterocycles. The van der Waals surface area contributed by atoms with Gasteiger partial charge in [0.05, 0.1) is 11.0 Å². The van der Waals surface area contributed by atoms with Crippen molar-refractivity contribution in [3.8, 4) is 11.5 Å². The third-order valence-electron chi connectivity index (χ3n) is 5.23. The largest absolute Gasteiger partial charge is 0.426 e. The number of hydrogen-bond donors (Lipinski definition) is 0. The van der Waals surface area contributed by atoms with Crippen LogP contribution >= 0.6 is 0 Å². The normalized spacial score (nSPS) is 14.0. The van der Waals surface area contributed by atoms with Gasteiger partial charge < -0.3 is 9.47 Å². The van der Waals surface area contributed by atoms with E-state index < -0.39 is 11.4 Å². The van der Waals surface area contributed by atoms with E-state index in [0.717, 1.165) is 0 Å². The minimum atomic E-state index is -0.679. The third kappa shape index (κ3) is 5.93. The van der Waals surface area contributed by atoms with E-state index in [-0.39, 0.29) is 16.8 Å². The number of benzene rings is 2. The first-order valence-corrected chi connectivity index (χ1v) is 9.91. The van der Waals surface area contributed by atoms with Crippen molar-refractivity contribution in [1.29, 1.82) is 0 Å². The molecule has 156 valence electrons. The Hall–Kier alpha value is -2.62. The molecule has 0 fully saturated rings. The molecular formula is C25H32O4. The Morgan fingerprint density at radius 3 is 1.83 bits per heavy atom. The summed E-state index contributed by atoms with van der Waals surface area (Å²) >= 11 is 0. The van der Waals surface area contributed by atoms with Crippen molar-refractivity contribution in [2.45, 2.75) is 54.9 Å². The number of esters is 2. The first-order valence-electron chi connectivity index (χ1n) is 9.91. The van der Waals surface area contributed by atoms with Gasteiger partial charge in [-0.3, -0.25) is 4.79 Å². The Morgan fingerprint density at radius 2 is 1.31 bits per heavy atom. The van der Waals surface area contributed by atoms with Crippen molar-refractivity contribution in [1.82, 2.24) is 0 Å². The summed E-state index contributed by atoms with van der Waals surface area (Å²) in [6.45, 7) is 14.5. The summed E-state index contributed by atoms with van der Waals surface area (Å²) in [5.41, 5.74) is -0.537. The summed E-state index contributed by atoms with van der Waals surface area (Å²) in [6.07, 6.45) is 0.686. The quantitative estimate of drug-likeness (QED) is 0.439. The van der Waals surface area contributed by atoms with E-state index in [1.54, 1.807) is 48.5 Å². The maximum atomic E-state index is 13.2. The molecule has 2 rings (SSSR count). The van der Waals surface area contributed by atoms with Crippen LogP contribution in [0, 0.1) is 16.2 Å². The van der Waals surface area contributed by atoms with Crippen molar-refractivity contribution < 1.29 is 19.1 Å². The molecule has 0 aliphatic carbocycles. The number of hydrogen-bond acceptors (Lipinski definition) is 4. The van der Waals surface area contributed by atoms with Gasteiger partial charge in [-0.25, -0.2) is 4.79 Å². The maximum Gasteiger partial charge on any atom is 0.343 e. The summed E-state index contributed by atoms with van der Waals surface area (Å²) in [5, 5.41) is 0. The van der Waals surface area contributed by atoms with E-state index >= 15 is 0 Å². The van der Waals surface area contributed by atoms with E-state index in [9.17, 15) is 9.59 Å². The average molecular weight is 397 g/mol. The molecule has 0 amide bonds. The molecule has 29 heavy (non-hydrogen) atoms. The monoisotopic (exact) mass is 396 g/mol. The van der Waals surface area contributed by atoms with Crippen LogP contribution in [-0.2, 0) is 4.79 Å². The van der Waals surface area contributed by atoms with Gasteiger partial charge in [-0.2, -0.15) is 0 Å². The Labute approximate surface area is 174 Å². The third-order valence-corrected chi connectivity index (χ3v) is 5.23. The lowest BCUT2D eigenvalue weighted by molar-refractivity contribution is -0.154. The summed E-state index contributed by atoms with van der Waals surface area (Å²) in [6, 6.07) is 15.4. The fourth-order valence-electron chi connectivity index (χ4n) is 3.27. The Kier molecular flexibility index (Phi) is 6.56. The molecule has 0 bridgehead atoms. The molecule has 0 saturated carbocycles. The zero-order valence-corrected chi connectivity index (χ0v) is 18.5. The number of rotatable bonds is 5. The van der Waals surface area contributed by atoms with Crippen molar-refractivity contribution in [3.05, 3.63) is 60.2 Å². The predicted octanol–water partition coefficient (Wildman–Crippen LogP) is 6.30. The van der Waals surface area contributed by atoms with Crippen molar-refractivity contribution in [2.24, 2.45) is 16.2 Å². The number of carbonyl (C=O) groups is 2. The Morgan fingerprint density at radius 1 is 0.759 bits per heavy atom. The van der Waals surface area contributed by atoms with Gasteiger partial charge in [0.2, 0.25) is 0 Å². The average Bonchev–Trinajstić information content (AvgIpc) is 2.60. The van der Waals surface area contributed by atoms with Gasteiger partial charge in [0.25, 0.3) is 0 Å². The van der Waals surface area contributed by atoms with E-state index in [2.05, 4.69) is 41.5 Å². The zero-order valence-electron chi connectivity index (χ0n) is 18.5. The zero-order chi connectivity index (χ0) is 21.9. The molecule has 2 aromatic rings. The van der Waals surface area contributed by atoms with E-state index in [1.807, 2.05) is 13.0 Å². The second kappa shape index (κ2) is 8.40. The SMILES string of the molecule is CC(C)(C)CC(C)(C(=O)Oc1cccc(OC(=O)c2ccccc2)c1)C(C)(C)C. The van der Waals surface area contributed by atoms with Gasteiger partial charge in [0.1, 0.15) is 11.5 Å². The summed E-state index contributed by atoms with van der Waals surface area (Å²) < 4.78 is 11.2. The van der Waals surface area contributed by atoms with Gasteiger partial charge in [0.15, 0.2) is 0 Å². The van der Waals surface area contributed by atoms with Crippen LogP contribution in [0.4, 0.5) is 0 Å². The number of ether oxygens (including phenoxy) is 2. The highest BCUT2D eigenvalue weighted by molar-refractivity contribution is 5.91. The van der Waals surface area contributed by atoms with Crippen LogP contribution in [0.25, 0.3) is 0 Å². The highest BCUT2D eigenvalue weighted by Crippen LogP contribution is 2.47. The maximum absolute atomic E-state index is 13.2. The molecule has 4 heteroatoms. The molecule has 0 aliphatic rings. The molecule has 0 aliphatic heterocycles. The summed E-state index contributed by atoms with van der Waals surface area (Å²) in [4.78, 5) is 25.4. The second-order valence-electron chi connectivity index (χ2n) is 9.94. The van der Waals surface area contributed by atoms with Crippen LogP contribution < -0.4 is 9.47 Å². The highest BCUT2D eigenvalue weighted by atomic mass is 16.5. The highest BCUT2D eigenvalue weighted by Gasteiger charge is 2.48. The molecule has 0 aromatic heterocycles. The van der Waals surface area contributed by atoms with Crippen molar-refractivity contribution in [2.75, 3.05) is 0 Å². The fourth-order valence-corrected chi connectivity index (χ4v) is 3.27. The predicted molar refractivity (Wildman–Crippen MR) is 115 cm³/mol. The standard InChI is InChI=1S/C25H32O4/c1-23(2,3)17-25(7,24(4,5)6)22(27)29-20-15-11-14-19(16-20)28-21(26)18-12-9-8-10-13-18/h8-16H,17H2,1-7H3. The fraction of sp³-hybridized carbons (Fsp3) is 0.440. The van der Waals surface area contributed by atoms with E-state index in [0.29, 0.717) is 23.5 Å². The van der Waals surface area contributed by atoms with Crippen LogP contribution in [0.1, 0.15) is 65.2 Å². The molecule has 0 heterocycles.